The van der Waals surface area contributed by atoms with Crippen LogP contribution >= 0.6 is 0 Å². The van der Waals surface area contributed by atoms with Crippen molar-refractivity contribution in [1.82, 2.24) is 20.3 Å². The van der Waals surface area contributed by atoms with Gasteiger partial charge in [-0.15, -0.1) is 5.10 Å². The van der Waals surface area contributed by atoms with E-state index in [1.807, 2.05) is 6.92 Å². The van der Waals surface area contributed by atoms with Crippen LogP contribution in [0.5, 0.6) is 0 Å². The first-order valence-corrected chi connectivity index (χ1v) is 6.32. The molecule has 1 rings (SSSR count). The molecule has 0 saturated carbocycles. The van der Waals surface area contributed by atoms with E-state index >= 15 is 0 Å². The van der Waals surface area contributed by atoms with Gasteiger partial charge in [0.2, 0.25) is 0 Å². The maximum Gasteiger partial charge on any atom is 0.106 e. The van der Waals surface area contributed by atoms with Crippen molar-refractivity contribution in [3.8, 4) is 0 Å². The molecule has 0 amide bonds. The first kappa shape index (κ1) is 14.1. The summed E-state index contributed by atoms with van der Waals surface area (Å²) in [5.74, 6) is 0. The van der Waals surface area contributed by atoms with Gasteiger partial charge >= 0.3 is 0 Å². The molecule has 0 aliphatic rings. The number of nitrogens with zero attached hydrogens (tertiary/aromatic N) is 3. The van der Waals surface area contributed by atoms with Crippen LogP contribution in [0.3, 0.4) is 0 Å². The maximum absolute atomic E-state index is 10.5. The largest absolute Gasteiger partial charge is 0.384 e. The van der Waals surface area contributed by atoms with Gasteiger partial charge in [-0.2, -0.15) is 0 Å². The number of aromatic nitrogens is 3. The van der Waals surface area contributed by atoms with Crippen LogP contribution in [0.25, 0.3) is 0 Å². The summed E-state index contributed by atoms with van der Waals surface area (Å²) in [6.07, 6.45) is 3.30. The molecule has 0 bridgehead atoms. The van der Waals surface area contributed by atoms with Gasteiger partial charge in [0.25, 0.3) is 0 Å². The van der Waals surface area contributed by atoms with Crippen molar-refractivity contribution >= 4 is 0 Å². The van der Waals surface area contributed by atoms with Gasteiger partial charge in [0.1, 0.15) is 5.60 Å². The van der Waals surface area contributed by atoms with E-state index in [2.05, 4.69) is 36.4 Å². The lowest BCUT2D eigenvalue weighted by atomic mass is 9.98. The van der Waals surface area contributed by atoms with Crippen molar-refractivity contribution in [2.45, 2.75) is 58.7 Å². The second kappa shape index (κ2) is 6.12. The smallest absolute Gasteiger partial charge is 0.106 e. The number of rotatable bonds is 7. The summed E-state index contributed by atoms with van der Waals surface area (Å²) in [6, 6.07) is 0.435. The Morgan fingerprint density at radius 1 is 1.53 bits per heavy atom. The molecule has 0 aromatic carbocycles. The fourth-order valence-electron chi connectivity index (χ4n) is 1.78. The minimum Gasteiger partial charge on any atom is -0.384 e. The average Bonchev–Trinajstić information content (AvgIpc) is 2.66. The molecule has 5 heteroatoms. The SMILES string of the molecule is CCCn1nncc1C(C)(O)CCNC(C)C. The number of hydrogen-bond donors (Lipinski definition) is 2. The van der Waals surface area contributed by atoms with Gasteiger partial charge in [0, 0.05) is 12.6 Å². The molecular weight excluding hydrogens is 216 g/mol. The number of nitrogens with one attached hydrogen (secondary N) is 1. The van der Waals surface area contributed by atoms with Gasteiger partial charge in [-0.3, -0.25) is 0 Å². The Bertz CT molecular complexity index is 333. The van der Waals surface area contributed by atoms with Crippen LogP contribution in [0.1, 0.15) is 46.2 Å². The minimum absolute atomic E-state index is 0.435. The third-order valence-corrected chi connectivity index (χ3v) is 2.77. The minimum atomic E-state index is -0.874. The van der Waals surface area contributed by atoms with Gasteiger partial charge in [0.05, 0.1) is 11.9 Å². The molecule has 5 nitrogen and oxygen atoms in total. The predicted molar refractivity (Wildman–Crippen MR) is 67.6 cm³/mol. The second-order valence-electron chi connectivity index (χ2n) is 4.98. The standard InChI is InChI=1S/C12H24N4O/c1-5-8-16-11(9-14-15-16)12(4,17)6-7-13-10(2)3/h9-10,13,17H,5-8H2,1-4H3. The summed E-state index contributed by atoms with van der Waals surface area (Å²) in [5, 5.41) is 21.6. The molecule has 0 aliphatic heterocycles. The highest BCUT2D eigenvalue weighted by molar-refractivity contribution is 5.06. The van der Waals surface area contributed by atoms with Crippen LogP contribution in [0.15, 0.2) is 6.20 Å². The average molecular weight is 240 g/mol. The molecule has 0 radical (unpaired) electrons. The van der Waals surface area contributed by atoms with Crippen molar-refractivity contribution < 1.29 is 5.11 Å². The molecule has 17 heavy (non-hydrogen) atoms. The first-order chi connectivity index (χ1) is 7.97. The quantitative estimate of drug-likeness (QED) is 0.753. The van der Waals surface area contributed by atoms with E-state index in [1.54, 1.807) is 10.9 Å². The third-order valence-electron chi connectivity index (χ3n) is 2.77. The lowest BCUT2D eigenvalue weighted by Crippen LogP contribution is -2.32. The summed E-state index contributed by atoms with van der Waals surface area (Å²) in [6.45, 7) is 9.67. The topological polar surface area (TPSA) is 63.0 Å². The highest BCUT2D eigenvalue weighted by Gasteiger charge is 2.27. The molecule has 98 valence electrons. The first-order valence-electron chi connectivity index (χ1n) is 6.32. The van der Waals surface area contributed by atoms with E-state index in [9.17, 15) is 5.11 Å². The zero-order valence-electron chi connectivity index (χ0n) is 11.3. The van der Waals surface area contributed by atoms with Crippen LogP contribution in [0.4, 0.5) is 0 Å². The van der Waals surface area contributed by atoms with E-state index < -0.39 is 5.60 Å². The van der Waals surface area contributed by atoms with Gasteiger partial charge in [0.15, 0.2) is 0 Å². The lowest BCUT2D eigenvalue weighted by molar-refractivity contribution is 0.0380. The highest BCUT2D eigenvalue weighted by Crippen LogP contribution is 2.23. The fourth-order valence-corrected chi connectivity index (χ4v) is 1.78. The fraction of sp³-hybridized carbons (Fsp3) is 0.833. The highest BCUT2D eigenvalue weighted by atomic mass is 16.3. The summed E-state index contributed by atoms with van der Waals surface area (Å²) in [5.41, 5.74) is -0.0782. The van der Waals surface area contributed by atoms with Gasteiger partial charge < -0.3 is 10.4 Å². The number of hydrogen-bond acceptors (Lipinski definition) is 4. The van der Waals surface area contributed by atoms with E-state index in [0.29, 0.717) is 12.5 Å². The second-order valence-corrected chi connectivity index (χ2v) is 4.98. The Balaban J connectivity index is 2.64. The molecule has 0 saturated heterocycles. The maximum atomic E-state index is 10.5. The summed E-state index contributed by atoms with van der Waals surface area (Å²) in [4.78, 5) is 0. The summed E-state index contributed by atoms with van der Waals surface area (Å²) >= 11 is 0. The Labute approximate surface area is 103 Å². The van der Waals surface area contributed by atoms with Crippen LogP contribution < -0.4 is 5.32 Å². The zero-order chi connectivity index (χ0) is 12.9. The van der Waals surface area contributed by atoms with Gasteiger partial charge in [-0.05, 0) is 26.3 Å². The summed E-state index contributed by atoms with van der Waals surface area (Å²) in [7, 11) is 0. The van der Waals surface area contributed by atoms with Crippen molar-refractivity contribution in [2.75, 3.05) is 6.54 Å². The van der Waals surface area contributed by atoms with Gasteiger partial charge in [-0.25, -0.2) is 4.68 Å². The van der Waals surface area contributed by atoms with Crippen molar-refractivity contribution in [3.63, 3.8) is 0 Å². The molecule has 1 heterocycles. The molecule has 1 unspecified atom stereocenters. The Hall–Kier alpha value is -0.940. The number of aliphatic hydroxyl groups is 1. The molecule has 0 fully saturated rings. The Morgan fingerprint density at radius 2 is 2.24 bits per heavy atom. The normalized spacial score (nSPS) is 15.2. The molecule has 2 N–H and O–H groups in total. The number of aryl methyl sites for hydroxylation is 1. The predicted octanol–water partition coefficient (Wildman–Crippen LogP) is 1.28. The van der Waals surface area contributed by atoms with Crippen LogP contribution in [0.2, 0.25) is 0 Å². The van der Waals surface area contributed by atoms with Crippen LogP contribution in [-0.4, -0.2) is 32.7 Å². The van der Waals surface area contributed by atoms with Crippen LogP contribution in [-0.2, 0) is 12.1 Å². The Kier molecular flexibility index (Phi) is 5.08. The van der Waals surface area contributed by atoms with E-state index in [-0.39, 0.29) is 0 Å². The lowest BCUT2D eigenvalue weighted by Gasteiger charge is -2.24. The van der Waals surface area contributed by atoms with E-state index in [1.165, 1.54) is 0 Å². The molecule has 1 aromatic rings. The zero-order valence-corrected chi connectivity index (χ0v) is 11.3. The van der Waals surface area contributed by atoms with E-state index in [0.717, 1.165) is 25.2 Å². The molecule has 1 atom stereocenters. The van der Waals surface area contributed by atoms with Crippen molar-refractivity contribution in [1.29, 1.82) is 0 Å². The van der Waals surface area contributed by atoms with Crippen molar-refractivity contribution in [2.24, 2.45) is 0 Å². The van der Waals surface area contributed by atoms with Crippen LogP contribution in [0, 0.1) is 0 Å². The molecule has 0 aliphatic carbocycles. The van der Waals surface area contributed by atoms with E-state index in [4.69, 9.17) is 0 Å². The molecule has 1 aromatic heterocycles. The molecular formula is C12H24N4O. The monoisotopic (exact) mass is 240 g/mol. The summed E-state index contributed by atoms with van der Waals surface area (Å²) < 4.78 is 1.79. The molecule has 0 spiro atoms. The Morgan fingerprint density at radius 3 is 2.82 bits per heavy atom. The third kappa shape index (κ3) is 4.09. The van der Waals surface area contributed by atoms with Gasteiger partial charge in [-0.1, -0.05) is 26.0 Å². The van der Waals surface area contributed by atoms with Crippen molar-refractivity contribution in [3.05, 3.63) is 11.9 Å².